The van der Waals surface area contributed by atoms with Crippen LogP contribution in [0.4, 0.5) is 0 Å². The minimum Gasteiger partial charge on any atom is -0.491 e. The summed E-state index contributed by atoms with van der Waals surface area (Å²) in [6.45, 7) is 6.96. The third-order valence-corrected chi connectivity index (χ3v) is 5.69. The van der Waals surface area contributed by atoms with Crippen molar-refractivity contribution in [1.29, 1.82) is 0 Å². The molecule has 2 aromatic rings. The fourth-order valence-electron chi connectivity index (χ4n) is 2.81. The molecule has 0 saturated heterocycles. The van der Waals surface area contributed by atoms with Gasteiger partial charge in [-0.1, -0.05) is 42.5 Å². The number of benzene rings is 2. The zero-order chi connectivity index (χ0) is 21.6. The first-order chi connectivity index (χ1) is 14.6. The minimum absolute atomic E-state index is 0. The van der Waals surface area contributed by atoms with Gasteiger partial charge in [0.2, 0.25) is 0 Å². The molecule has 0 radical (unpaired) electrons. The number of hydrogen-bond donors (Lipinski definition) is 2. The predicted octanol–water partition coefficient (Wildman–Crippen LogP) is 3.64. The molecule has 2 aromatic carbocycles. The van der Waals surface area contributed by atoms with Crippen LogP contribution < -0.4 is 15.4 Å². The van der Waals surface area contributed by atoms with Gasteiger partial charge in [-0.2, -0.15) is 0 Å². The minimum atomic E-state index is -0.918. The number of guanidine groups is 1. The molecule has 0 amide bonds. The molecule has 0 aliphatic carbocycles. The highest BCUT2D eigenvalue weighted by atomic mass is 127. The molecule has 0 aliphatic heterocycles. The summed E-state index contributed by atoms with van der Waals surface area (Å²) in [7, 11) is 0.809. The molecule has 2 rings (SSSR count). The van der Waals surface area contributed by atoms with Gasteiger partial charge in [0, 0.05) is 54.6 Å². The van der Waals surface area contributed by atoms with Gasteiger partial charge in [0.05, 0.1) is 6.61 Å². The molecule has 8 heteroatoms. The second kappa shape index (κ2) is 16.0. The first kappa shape index (κ1) is 27.4. The van der Waals surface area contributed by atoms with Crippen LogP contribution in [0, 0.1) is 6.92 Å². The third-order valence-electron chi connectivity index (χ3n) is 4.37. The average molecular weight is 560 g/mol. The second-order valence-corrected chi connectivity index (χ2v) is 8.36. The quantitative estimate of drug-likeness (QED) is 0.180. The predicted molar refractivity (Wildman–Crippen MR) is 140 cm³/mol. The zero-order valence-corrected chi connectivity index (χ0v) is 21.7. The molecule has 0 fully saturated rings. The monoisotopic (exact) mass is 559 g/mol. The molecule has 1 unspecified atom stereocenters. The number of nitrogens with zero attached hydrogens (tertiary/aromatic N) is 1. The van der Waals surface area contributed by atoms with Crippen molar-refractivity contribution in [2.75, 3.05) is 39.2 Å². The Morgan fingerprint density at radius 1 is 1.10 bits per heavy atom. The van der Waals surface area contributed by atoms with Gasteiger partial charge in [-0.3, -0.25) is 9.20 Å². The Morgan fingerprint density at radius 3 is 2.58 bits per heavy atom. The van der Waals surface area contributed by atoms with Crippen LogP contribution in [0.2, 0.25) is 0 Å². The number of aliphatic imine (C=N–C) groups is 1. The van der Waals surface area contributed by atoms with E-state index in [9.17, 15) is 4.21 Å². The number of ether oxygens (including phenoxy) is 2. The average Bonchev–Trinajstić information content (AvgIpc) is 2.75. The number of hydrogen-bond acceptors (Lipinski definition) is 4. The van der Waals surface area contributed by atoms with Gasteiger partial charge in [0.15, 0.2) is 5.96 Å². The van der Waals surface area contributed by atoms with Crippen LogP contribution in [-0.2, 0) is 27.8 Å². The normalized spacial score (nSPS) is 12.0. The summed E-state index contributed by atoms with van der Waals surface area (Å²) < 4.78 is 23.5. The van der Waals surface area contributed by atoms with Crippen molar-refractivity contribution in [1.82, 2.24) is 10.6 Å². The molecule has 6 nitrogen and oxygen atoms in total. The maximum atomic E-state index is 12.3. The topological polar surface area (TPSA) is 72.0 Å². The molecular formula is C23H34IN3O3S. The van der Waals surface area contributed by atoms with Crippen molar-refractivity contribution in [2.45, 2.75) is 26.1 Å². The summed E-state index contributed by atoms with van der Waals surface area (Å²) in [4.78, 5) is 4.25. The summed E-state index contributed by atoms with van der Waals surface area (Å²) in [5.74, 6) is 2.65. The van der Waals surface area contributed by atoms with Gasteiger partial charge in [0.1, 0.15) is 12.4 Å². The van der Waals surface area contributed by atoms with E-state index in [2.05, 4.69) is 27.8 Å². The number of rotatable bonds is 12. The number of aryl methyl sites for hydroxylation is 1. The van der Waals surface area contributed by atoms with E-state index in [1.54, 1.807) is 7.05 Å². The van der Waals surface area contributed by atoms with E-state index in [0.29, 0.717) is 50.4 Å². The lowest BCUT2D eigenvalue weighted by Crippen LogP contribution is -2.38. The van der Waals surface area contributed by atoms with Crippen LogP contribution in [0.1, 0.15) is 23.6 Å². The van der Waals surface area contributed by atoms with Gasteiger partial charge in [-0.15, -0.1) is 24.0 Å². The first-order valence-corrected chi connectivity index (χ1v) is 11.7. The Labute approximate surface area is 205 Å². The summed E-state index contributed by atoms with van der Waals surface area (Å²) in [6.07, 6.45) is 0. The van der Waals surface area contributed by atoms with Crippen molar-refractivity contribution >= 4 is 40.7 Å². The van der Waals surface area contributed by atoms with Crippen molar-refractivity contribution < 1.29 is 13.7 Å². The SMILES string of the molecule is CCOCCOc1cc(C)ccc1CNC(=NC)NCCS(=O)Cc1ccccc1.I. The molecule has 0 aromatic heterocycles. The molecule has 0 bridgehead atoms. The second-order valence-electron chi connectivity index (χ2n) is 6.78. The van der Waals surface area contributed by atoms with Crippen LogP contribution in [-0.4, -0.2) is 49.3 Å². The molecule has 172 valence electrons. The van der Waals surface area contributed by atoms with E-state index >= 15 is 0 Å². The van der Waals surface area contributed by atoms with Crippen molar-refractivity contribution in [3.8, 4) is 5.75 Å². The fourth-order valence-corrected chi connectivity index (χ4v) is 3.85. The third kappa shape index (κ3) is 11.0. The van der Waals surface area contributed by atoms with E-state index in [0.717, 1.165) is 22.4 Å². The summed E-state index contributed by atoms with van der Waals surface area (Å²) in [6, 6.07) is 16.1. The molecule has 0 saturated carbocycles. The summed E-state index contributed by atoms with van der Waals surface area (Å²) >= 11 is 0. The molecule has 2 N–H and O–H groups in total. The molecule has 31 heavy (non-hydrogen) atoms. The lowest BCUT2D eigenvalue weighted by molar-refractivity contribution is 0.110. The Bertz CT molecular complexity index is 819. The van der Waals surface area contributed by atoms with Crippen molar-refractivity contribution in [2.24, 2.45) is 4.99 Å². The molecule has 0 aliphatic rings. The largest absolute Gasteiger partial charge is 0.491 e. The van der Waals surface area contributed by atoms with Gasteiger partial charge in [-0.05, 0) is 31.0 Å². The van der Waals surface area contributed by atoms with Crippen molar-refractivity contribution in [3.05, 3.63) is 65.2 Å². The van der Waals surface area contributed by atoms with E-state index in [1.165, 1.54) is 0 Å². The lowest BCUT2D eigenvalue weighted by atomic mass is 10.1. The fraction of sp³-hybridized carbons (Fsp3) is 0.435. The highest BCUT2D eigenvalue weighted by Crippen LogP contribution is 2.20. The lowest BCUT2D eigenvalue weighted by Gasteiger charge is -2.15. The molecule has 0 spiro atoms. The van der Waals surface area contributed by atoms with Gasteiger partial charge < -0.3 is 20.1 Å². The highest BCUT2D eigenvalue weighted by Gasteiger charge is 2.07. The highest BCUT2D eigenvalue weighted by molar-refractivity contribution is 14.0. The van der Waals surface area contributed by atoms with E-state index in [-0.39, 0.29) is 24.0 Å². The van der Waals surface area contributed by atoms with Crippen LogP contribution in [0.25, 0.3) is 0 Å². The first-order valence-electron chi connectivity index (χ1n) is 10.3. The van der Waals surface area contributed by atoms with Crippen LogP contribution in [0.3, 0.4) is 0 Å². The number of halogens is 1. The van der Waals surface area contributed by atoms with E-state index in [1.807, 2.05) is 50.2 Å². The maximum Gasteiger partial charge on any atom is 0.191 e. The Morgan fingerprint density at radius 2 is 1.87 bits per heavy atom. The Hall–Kier alpha value is -1.65. The molecule has 1 atom stereocenters. The molecule has 0 heterocycles. The van der Waals surface area contributed by atoms with Crippen LogP contribution in [0.5, 0.6) is 5.75 Å². The van der Waals surface area contributed by atoms with Gasteiger partial charge in [0.25, 0.3) is 0 Å². The van der Waals surface area contributed by atoms with Crippen molar-refractivity contribution in [3.63, 3.8) is 0 Å². The maximum absolute atomic E-state index is 12.3. The summed E-state index contributed by atoms with van der Waals surface area (Å²) in [5.41, 5.74) is 3.29. The zero-order valence-electron chi connectivity index (χ0n) is 18.6. The van der Waals surface area contributed by atoms with Crippen LogP contribution >= 0.6 is 24.0 Å². The Balaban J connectivity index is 0.00000480. The smallest absolute Gasteiger partial charge is 0.191 e. The van der Waals surface area contributed by atoms with Crippen LogP contribution in [0.15, 0.2) is 53.5 Å². The van der Waals surface area contributed by atoms with E-state index < -0.39 is 10.8 Å². The standard InChI is InChI=1S/C23H33N3O3S.HI/c1-4-28-13-14-29-22-16-19(2)10-11-21(22)17-26-23(24-3)25-12-15-30(27)18-20-8-6-5-7-9-20;/h5-11,16H,4,12-15,17-18H2,1-3H3,(H2,24,25,26);1H. The number of nitrogens with one attached hydrogen (secondary N) is 2. The summed E-state index contributed by atoms with van der Waals surface area (Å²) in [5, 5.41) is 6.53. The Kier molecular flexibility index (Phi) is 14.2. The van der Waals surface area contributed by atoms with Gasteiger partial charge in [-0.25, -0.2) is 0 Å². The van der Waals surface area contributed by atoms with Gasteiger partial charge >= 0.3 is 0 Å². The van der Waals surface area contributed by atoms with E-state index in [4.69, 9.17) is 9.47 Å². The molecular weight excluding hydrogens is 525 g/mol.